The van der Waals surface area contributed by atoms with Gasteiger partial charge < -0.3 is 15.4 Å². The Hall–Kier alpha value is -2.13. The molecule has 2 fully saturated rings. The van der Waals surface area contributed by atoms with E-state index in [4.69, 9.17) is 4.74 Å². The molecule has 1 atom stereocenters. The van der Waals surface area contributed by atoms with E-state index in [1.807, 2.05) is 6.92 Å². The number of piperidine rings is 1. The van der Waals surface area contributed by atoms with E-state index in [2.05, 4.69) is 10.6 Å². The zero-order chi connectivity index (χ0) is 21.3. The predicted octanol–water partition coefficient (Wildman–Crippen LogP) is 2.26. The fourth-order valence-electron chi connectivity index (χ4n) is 4.46. The lowest BCUT2D eigenvalue weighted by atomic mass is 9.97. The number of fused-ring (bicyclic) bond motifs is 1. The SMILES string of the molecule is CC[C@H]1Oc2ccc(S(=O)(=O)N3CCC(C(=O)NC4CCCC4)CC3)cc2NC1=O. The first-order chi connectivity index (χ1) is 14.4. The molecule has 9 heteroatoms. The van der Waals surface area contributed by atoms with Crippen LogP contribution >= 0.6 is 0 Å². The molecule has 30 heavy (non-hydrogen) atoms. The standard InChI is InChI=1S/C21H29N3O5S/c1-2-18-21(26)23-17-13-16(7-8-19(17)29-18)30(27,28)24-11-9-14(10-12-24)20(25)22-15-5-3-4-6-15/h7-8,13-15,18H,2-6,9-12H2,1H3,(H,22,25)(H,23,26)/t18-/m1/s1. The lowest BCUT2D eigenvalue weighted by Gasteiger charge is -2.31. The monoisotopic (exact) mass is 435 g/mol. The molecule has 0 spiro atoms. The van der Waals surface area contributed by atoms with Crippen LogP contribution in [0.15, 0.2) is 23.1 Å². The molecule has 8 nitrogen and oxygen atoms in total. The fourth-order valence-corrected chi connectivity index (χ4v) is 5.95. The largest absolute Gasteiger partial charge is 0.478 e. The Bertz CT molecular complexity index is 919. The molecule has 0 radical (unpaired) electrons. The van der Waals surface area contributed by atoms with Crippen LogP contribution in [0.4, 0.5) is 5.69 Å². The fraction of sp³-hybridized carbons (Fsp3) is 0.619. The smallest absolute Gasteiger partial charge is 0.265 e. The minimum Gasteiger partial charge on any atom is -0.478 e. The third-order valence-electron chi connectivity index (χ3n) is 6.31. The predicted molar refractivity (Wildman–Crippen MR) is 112 cm³/mol. The average molecular weight is 436 g/mol. The number of nitrogens with zero attached hydrogens (tertiary/aromatic N) is 1. The van der Waals surface area contributed by atoms with E-state index in [1.165, 1.54) is 16.4 Å². The van der Waals surface area contributed by atoms with Crippen molar-refractivity contribution in [2.75, 3.05) is 18.4 Å². The zero-order valence-corrected chi connectivity index (χ0v) is 18.0. The average Bonchev–Trinajstić information content (AvgIpc) is 3.26. The van der Waals surface area contributed by atoms with Gasteiger partial charge in [-0.2, -0.15) is 4.31 Å². The molecule has 2 aliphatic heterocycles. The molecule has 2 amide bonds. The highest BCUT2D eigenvalue weighted by molar-refractivity contribution is 7.89. The Kier molecular flexibility index (Phi) is 6.02. The highest BCUT2D eigenvalue weighted by atomic mass is 32.2. The first-order valence-electron chi connectivity index (χ1n) is 10.8. The van der Waals surface area contributed by atoms with Gasteiger partial charge in [0.05, 0.1) is 10.6 Å². The Balaban J connectivity index is 1.40. The maximum atomic E-state index is 13.1. The van der Waals surface area contributed by atoms with Gasteiger partial charge in [0.2, 0.25) is 15.9 Å². The van der Waals surface area contributed by atoms with Crippen molar-refractivity contribution in [1.82, 2.24) is 9.62 Å². The summed E-state index contributed by atoms with van der Waals surface area (Å²) >= 11 is 0. The number of rotatable bonds is 5. The lowest BCUT2D eigenvalue weighted by Crippen LogP contribution is -2.44. The molecule has 1 aromatic rings. The molecule has 1 saturated carbocycles. The molecule has 1 saturated heterocycles. The van der Waals surface area contributed by atoms with Crippen molar-refractivity contribution in [2.45, 2.75) is 68.9 Å². The summed E-state index contributed by atoms with van der Waals surface area (Å²) in [6.45, 7) is 2.47. The summed E-state index contributed by atoms with van der Waals surface area (Å²) in [6, 6.07) is 4.83. The minimum atomic E-state index is -3.71. The summed E-state index contributed by atoms with van der Waals surface area (Å²) in [7, 11) is -3.71. The Morgan fingerprint density at radius 3 is 2.57 bits per heavy atom. The van der Waals surface area contributed by atoms with Crippen molar-refractivity contribution in [3.8, 4) is 5.75 Å². The number of carbonyl (C=O) groups is 2. The third-order valence-corrected chi connectivity index (χ3v) is 8.20. The number of ether oxygens (including phenoxy) is 1. The molecule has 0 bridgehead atoms. The van der Waals surface area contributed by atoms with Crippen LogP contribution < -0.4 is 15.4 Å². The van der Waals surface area contributed by atoms with Crippen molar-refractivity contribution in [2.24, 2.45) is 5.92 Å². The van der Waals surface area contributed by atoms with Gasteiger partial charge in [-0.1, -0.05) is 19.8 Å². The molecule has 0 unspecified atom stereocenters. The van der Waals surface area contributed by atoms with Crippen molar-refractivity contribution < 1.29 is 22.7 Å². The van der Waals surface area contributed by atoms with Crippen LogP contribution in [0.5, 0.6) is 5.75 Å². The molecular weight excluding hydrogens is 406 g/mol. The lowest BCUT2D eigenvalue weighted by molar-refractivity contribution is -0.126. The first kappa shape index (κ1) is 21.1. The van der Waals surface area contributed by atoms with Gasteiger partial charge in [0.25, 0.3) is 5.91 Å². The maximum Gasteiger partial charge on any atom is 0.265 e. The Morgan fingerprint density at radius 2 is 1.90 bits per heavy atom. The van der Waals surface area contributed by atoms with Gasteiger partial charge in [0, 0.05) is 25.0 Å². The molecule has 2 N–H and O–H groups in total. The van der Waals surface area contributed by atoms with Crippen molar-refractivity contribution in [3.05, 3.63) is 18.2 Å². The second-order valence-electron chi connectivity index (χ2n) is 8.33. The molecule has 3 aliphatic rings. The number of carbonyl (C=O) groups excluding carboxylic acids is 2. The number of anilines is 1. The summed E-state index contributed by atoms with van der Waals surface area (Å²) in [5.41, 5.74) is 0.372. The molecule has 4 rings (SSSR count). The normalized spacial score (nSPS) is 23.5. The molecule has 1 aliphatic carbocycles. The summed E-state index contributed by atoms with van der Waals surface area (Å²) in [4.78, 5) is 24.6. The van der Waals surface area contributed by atoms with Crippen molar-refractivity contribution in [1.29, 1.82) is 0 Å². The van der Waals surface area contributed by atoms with E-state index in [0.29, 0.717) is 43.8 Å². The zero-order valence-electron chi connectivity index (χ0n) is 17.2. The third kappa shape index (κ3) is 4.18. The van der Waals surface area contributed by atoms with E-state index >= 15 is 0 Å². The van der Waals surface area contributed by atoms with E-state index < -0.39 is 16.1 Å². The quantitative estimate of drug-likeness (QED) is 0.738. The van der Waals surface area contributed by atoms with Gasteiger partial charge >= 0.3 is 0 Å². The highest BCUT2D eigenvalue weighted by Gasteiger charge is 2.34. The van der Waals surface area contributed by atoms with Gasteiger partial charge in [-0.05, 0) is 50.3 Å². The number of hydrogen-bond donors (Lipinski definition) is 2. The number of nitrogens with one attached hydrogen (secondary N) is 2. The molecule has 0 aromatic heterocycles. The second kappa shape index (κ2) is 8.55. The topological polar surface area (TPSA) is 105 Å². The van der Waals surface area contributed by atoms with Crippen molar-refractivity contribution in [3.63, 3.8) is 0 Å². The number of amides is 2. The Morgan fingerprint density at radius 1 is 1.20 bits per heavy atom. The van der Waals surface area contributed by atoms with Crippen molar-refractivity contribution >= 4 is 27.5 Å². The van der Waals surface area contributed by atoms with Crippen LogP contribution in [0.3, 0.4) is 0 Å². The number of sulfonamides is 1. The van der Waals surface area contributed by atoms with Gasteiger partial charge in [-0.15, -0.1) is 0 Å². The maximum absolute atomic E-state index is 13.1. The van der Waals surface area contributed by atoms with Crippen LogP contribution in [0, 0.1) is 5.92 Å². The Labute approximate surface area is 177 Å². The van der Waals surface area contributed by atoms with Gasteiger partial charge in [-0.3, -0.25) is 9.59 Å². The number of hydrogen-bond acceptors (Lipinski definition) is 5. The van der Waals surface area contributed by atoms with Crippen LogP contribution in [0.1, 0.15) is 51.9 Å². The van der Waals surface area contributed by atoms with Gasteiger partial charge in [-0.25, -0.2) is 8.42 Å². The summed E-state index contributed by atoms with van der Waals surface area (Å²) in [5, 5.41) is 5.85. The summed E-state index contributed by atoms with van der Waals surface area (Å²) in [5.74, 6) is 0.119. The van der Waals surface area contributed by atoms with Crippen LogP contribution in [-0.2, 0) is 19.6 Å². The van der Waals surface area contributed by atoms with Crippen LogP contribution in [0.2, 0.25) is 0 Å². The van der Waals surface area contributed by atoms with Crippen LogP contribution in [-0.4, -0.2) is 49.8 Å². The van der Waals surface area contributed by atoms with E-state index in [-0.39, 0.29) is 28.7 Å². The minimum absolute atomic E-state index is 0.0538. The van der Waals surface area contributed by atoms with E-state index in [9.17, 15) is 18.0 Å². The molecule has 2 heterocycles. The highest BCUT2D eigenvalue weighted by Crippen LogP contribution is 2.34. The van der Waals surface area contributed by atoms with Gasteiger partial charge in [0.1, 0.15) is 5.75 Å². The second-order valence-corrected chi connectivity index (χ2v) is 10.3. The van der Waals surface area contributed by atoms with Gasteiger partial charge in [0.15, 0.2) is 6.10 Å². The summed E-state index contributed by atoms with van der Waals surface area (Å²) in [6.07, 6.45) is 5.40. The summed E-state index contributed by atoms with van der Waals surface area (Å²) < 4.78 is 33.3. The molecule has 164 valence electrons. The number of benzene rings is 1. The van der Waals surface area contributed by atoms with E-state index in [1.54, 1.807) is 6.07 Å². The molecule has 1 aromatic carbocycles. The first-order valence-corrected chi connectivity index (χ1v) is 12.2. The molecular formula is C21H29N3O5S. The van der Waals surface area contributed by atoms with E-state index in [0.717, 1.165) is 25.7 Å². The van der Waals surface area contributed by atoms with Crippen LogP contribution in [0.25, 0.3) is 0 Å².